The first kappa shape index (κ1) is 14.0. The van der Waals surface area contributed by atoms with Gasteiger partial charge < -0.3 is 4.90 Å². The number of likely N-dealkylation sites (tertiary alicyclic amines) is 1. The van der Waals surface area contributed by atoms with Crippen LogP contribution < -0.4 is 5.56 Å². The normalized spacial score (nSPS) is 16.2. The lowest BCUT2D eigenvalue weighted by molar-refractivity contribution is -0.128. The van der Waals surface area contributed by atoms with Gasteiger partial charge in [-0.2, -0.15) is 0 Å². The summed E-state index contributed by atoms with van der Waals surface area (Å²) in [5, 5.41) is 8.01. The number of nitrogens with one attached hydrogen (secondary N) is 1. The number of rotatable bonds is 3. The van der Waals surface area contributed by atoms with Crippen molar-refractivity contribution in [2.75, 3.05) is 18.8 Å². The molecule has 0 saturated carbocycles. The molecule has 0 atom stereocenters. The standard InChI is InChI=1S/C12H18N4O2S/c1-9-11(18)13-12(15-14-9)19-8-10(17)16-6-4-2-3-5-7-16/h2-8H2,1H3,(H,13,15,18). The molecular formula is C12H18N4O2S. The lowest BCUT2D eigenvalue weighted by Gasteiger charge is -2.19. The Morgan fingerprint density at radius 2 is 1.95 bits per heavy atom. The Hall–Kier alpha value is -1.37. The largest absolute Gasteiger partial charge is 0.342 e. The maximum atomic E-state index is 12.0. The Balaban J connectivity index is 1.88. The molecule has 1 saturated heterocycles. The molecule has 104 valence electrons. The van der Waals surface area contributed by atoms with E-state index < -0.39 is 0 Å². The fourth-order valence-corrected chi connectivity index (χ4v) is 2.69. The molecule has 0 aromatic carbocycles. The van der Waals surface area contributed by atoms with Gasteiger partial charge in [0.05, 0.1) is 5.75 Å². The summed E-state index contributed by atoms with van der Waals surface area (Å²) >= 11 is 1.23. The first-order valence-corrected chi connectivity index (χ1v) is 7.49. The zero-order valence-corrected chi connectivity index (χ0v) is 11.8. The Labute approximate surface area is 116 Å². The van der Waals surface area contributed by atoms with Gasteiger partial charge in [-0.3, -0.25) is 14.6 Å². The van der Waals surface area contributed by atoms with E-state index in [1.165, 1.54) is 24.6 Å². The molecule has 1 aromatic heterocycles. The molecule has 7 heteroatoms. The maximum Gasteiger partial charge on any atom is 0.273 e. The van der Waals surface area contributed by atoms with Gasteiger partial charge in [-0.05, 0) is 19.8 Å². The molecule has 0 spiro atoms. The third-order valence-electron chi connectivity index (χ3n) is 3.13. The quantitative estimate of drug-likeness (QED) is 0.836. The highest BCUT2D eigenvalue weighted by Crippen LogP contribution is 2.14. The summed E-state index contributed by atoms with van der Waals surface area (Å²) < 4.78 is 0. The number of hydrogen-bond donors (Lipinski definition) is 1. The molecule has 0 aliphatic carbocycles. The van der Waals surface area contributed by atoms with Gasteiger partial charge in [0, 0.05) is 13.1 Å². The third-order valence-corrected chi connectivity index (χ3v) is 3.98. The monoisotopic (exact) mass is 282 g/mol. The minimum atomic E-state index is -0.250. The van der Waals surface area contributed by atoms with Crippen LogP contribution in [-0.2, 0) is 4.79 Å². The highest BCUT2D eigenvalue weighted by atomic mass is 32.2. The molecule has 1 N–H and O–H groups in total. The molecule has 1 aliphatic rings. The number of carbonyl (C=O) groups is 1. The average molecular weight is 282 g/mol. The molecule has 1 aliphatic heterocycles. The van der Waals surface area contributed by atoms with E-state index in [-0.39, 0.29) is 11.5 Å². The predicted molar refractivity (Wildman–Crippen MR) is 73.2 cm³/mol. The van der Waals surface area contributed by atoms with Crippen LogP contribution in [0.2, 0.25) is 0 Å². The molecule has 0 radical (unpaired) electrons. The minimum absolute atomic E-state index is 0.107. The van der Waals surface area contributed by atoms with Crippen LogP contribution in [0.3, 0.4) is 0 Å². The first-order chi connectivity index (χ1) is 9.16. The summed E-state index contributed by atoms with van der Waals surface area (Å²) in [6.45, 7) is 3.29. The second kappa shape index (κ2) is 6.70. The molecule has 1 fully saturated rings. The molecule has 0 unspecified atom stereocenters. The molecule has 19 heavy (non-hydrogen) atoms. The molecule has 1 aromatic rings. The Kier molecular flexibility index (Phi) is 4.95. The number of aryl methyl sites for hydroxylation is 1. The summed E-state index contributed by atoms with van der Waals surface area (Å²) in [4.78, 5) is 27.9. The summed E-state index contributed by atoms with van der Waals surface area (Å²) in [5.41, 5.74) is 0.0860. The first-order valence-electron chi connectivity index (χ1n) is 6.51. The summed E-state index contributed by atoms with van der Waals surface area (Å²) in [6.07, 6.45) is 4.57. The van der Waals surface area contributed by atoms with Crippen molar-refractivity contribution in [2.45, 2.75) is 37.8 Å². The Bertz CT molecular complexity index is 495. The van der Waals surface area contributed by atoms with Crippen LogP contribution in [0.1, 0.15) is 31.4 Å². The number of aromatic nitrogens is 3. The van der Waals surface area contributed by atoms with Gasteiger partial charge in [-0.1, -0.05) is 24.6 Å². The van der Waals surface area contributed by atoms with E-state index in [1.807, 2.05) is 4.90 Å². The molecule has 2 rings (SSSR count). The van der Waals surface area contributed by atoms with Crippen LogP contribution >= 0.6 is 11.8 Å². The number of amides is 1. The fourth-order valence-electron chi connectivity index (χ4n) is 1.98. The van der Waals surface area contributed by atoms with Crippen molar-refractivity contribution in [1.29, 1.82) is 0 Å². The maximum absolute atomic E-state index is 12.0. The summed E-state index contributed by atoms with van der Waals surface area (Å²) in [5.74, 6) is 0.406. The van der Waals surface area contributed by atoms with Crippen LogP contribution in [0, 0.1) is 6.92 Å². The van der Waals surface area contributed by atoms with Gasteiger partial charge in [0.1, 0.15) is 5.69 Å². The van der Waals surface area contributed by atoms with Crippen LogP contribution in [0.5, 0.6) is 0 Å². The van der Waals surface area contributed by atoms with E-state index in [1.54, 1.807) is 6.92 Å². The second-order valence-corrected chi connectivity index (χ2v) is 5.59. The number of hydrogen-bond acceptors (Lipinski definition) is 5. The lowest BCUT2D eigenvalue weighted by Crippen LogP contribution is -2.33. The van der Waals surface area contributed by atoms with Crippen molar-refractivity contribution in [2.24, 2.45) is 0 Å². The van der Waals surface area contributed by atoms with Crippen LogP contribution in [-0.4, -0.2) is 44.8 Å². The number of thioether (sulfide) groups is 1. The van der Waals surface area contributed by atoms with Crippen LogP contribution in [0.25, 0.3) is 0 Å². The highest BCUT2D eigenvalue weighted by molar-refractivity contribution is 7.99. The van der Waals surface area contributed by atoms with E-state index in [4.69, 9.17) is 0 Å². The second-order valence-electron chi connectivity index (χ2n) is 4.63. The van der Waals surface area contributed by atoms with Crippen molar-refractivity contribution < 1.29 is 4.79 Å². The van der Waals surface area contributed by atoms with Gasteiger partial charge in [-0.15, -0.1) is 10.2 Å². The number of aromatic amines is 1. The van der Waals surface area contributed by atoms with Crippen LogP contribution in [0.4, 0.5) is 0 Å². The number of carbonyl (C=O) groups excluding carboxylic acids is 1. The SMILES string of the molecule is Cc1nnc(SCC(=O)N2CCCCCC2)[nH]c1=O. The van der Waals surface area contributed by atoms with E-state index in [2.05, 4.69) is 15.2 Å². The lowest BCUT2D eigenvalue weighted by atomic mass is 10.2. The zero-order chi connectivity index (χ0) is 13.7. The van der Waals surface area contributed by atoms with E-state index in [0.29, 0.717) is 16.6 Å². The van der Waals surface area contributed by atoms with Gasteiger partial charge in [0.15, 0.2) is 5.16 Å². The van der Waals surface area contributed by atoms with Crippen LogP contribution in [0.15, 0.2) is 9.95 Å². The molecular weight excluding hydrogens is 264 g/mol. The minimum Gasteiger partial charge on any atom is -0.342 e. The average Bonchev–Trinajstić information content (AvgIpc) is 2.69. The van der Waals surface area contributed by atoms with Gasteiger partial charge in [0.25, 0.3) is 5.56 Å². The van der Waals surface area contributed by atoms with Gasteiger partial charge in [0.2, 0.25) is 5.91 Å². The number of nitrogens with zero attached hydrogens (tertiary/aromatic N) is 3. The zero-order valence-electron chi connectivity index (χ0n) is 11.0. The Morgan fingerprint density at radius 1 is 1.26 bits per heavy atom. The number of H-pyrrole nitrogens is 1. The fraction of sp³-hybridized carbons (Fsp3) is 0.667. The Morgan fingerprint density at radius 3 is 2.58 bits per heavy atom. The topological polar surface area (TPSA) is 79.0 Å². The van der Waals surface area contributed by atoms with Gasteiger partial charge >= 0.3 is 0 Å². The summed E-state index contributed by atoms with van der Waals surface area (Å²) in [7, 11) is 0. The van der Waals surface area contributed by atoms with Crippen molar-refractivity contribution in [1.82, 2.24) is 20.1 Å². The van der Waals surface area contributed by atoms with Crippen molar-refractivity contribution in [3.8, 4) is 0 Å². The highest BCUT2D eigenvalue weighted by Gasteiger charge is 2.16. The van der Waals surface area contributed by atoms with Gasteiger partial charge in [-0.25, -0.2) is 0 Å². The molecule has 6 nitrogen and oxygen atoms in total. The predicted octanol–water partition coefficient (Wildman–Crippen LogP) is 0.968. The van der Waals surface area contributed by atoms with Crippen molar-refractivity contribution in [3.63, 3.8) is 0 Å². The third kappa shape index (κ3) is 4.05. The molecule has 2 heterocycles. The molecule has 1 amide bonds. The van der Waals surface area contributed by atoms with Crippen molar-refractivity contribution >= 4 is 17.7 Å². The molecule has 0 bridgehead atoms. The summed E-state index contributed by atoms with van der Waals surface area (Å²) in [6, 6.07) is 0. The van der Waals surface area contributed by atoms with E-state index in [9.17, 15) is 9.59 Å². The van der Waals surface area contributed by atoms with Crippen molar-refractivity contribution in [3.05, 3.63) is 16.0 Å². The van der Waals surface area contributed by atoms with E-state index >= 15 is 0 Å². The smallest absolute Gasteiger partial charge is 0.273 e. The van der Waals surface area contributed by atoms with E-state index in [0.717, 1.165) is 25.9 Å².